The summed E-state index contributed by atoms with van der Waals surface area (Å²) in [6, 6.07) is 0.132. The molecule has 2 aromatic heterocycles. The van der Waals surface area contributed by atoms with Gasteiger partial charge in [-0.1, -0.05) is 0 Å². The first kappa shape index (κ1) is 11.8. The molecule has 2 aromatic rings. The molecule has 6 heteroatoms. The van der Waals surface area contributed by atoms with E-state index in [1.807, 2.05) is 13.8 Å². The zero-order valence-electron chi connectivity index (χ0n) is 9.97. The second-order valence-electron chi connectivity index (χ2n) is 4.06. The van der Waals surface area contributed by atoms with Gasteiger partial charge in [-0.3, -0.25) is 4.79 Å². The lowest BCUT2D eigenvalue weighted by molar-refractivity contribution is 0.0761. The Hall–Kier alpha value is -1.69. The van der Waals surface area contributed by atoms with Gasteiger partial charge < -0.3 is 10.6 Å². The summed E-state index contributed by atoms with van der Waals surface area (Å²) >= 11 is 1.29. The molecule has 90 valence electrons. The molecule has 0 atom stereocenters. The second-order valence-corrected chi connectivity index (χ2v) is 5.06. The number of fused-ring (bicyclic) bond motifs is 1. The van der Waals surface area contributed by atoms with Gasteiger partial charge in [-0.15, -0.1) is 11.3 Å². The number of nitrogens with two attached hydrogens (primary N) is 1. The Balaban J connectivity index is 2.49. The normalized spacial score (nSPS) is 11.1. The number of hydrogen-bond donors (Lipinski definition) is 1. The maximum atomic E-state index is 12.2. The second kappa shape index (κ2) is 4.29. The summed E-state index contributed by atoms with van der Waals surface area (Å²) in [5.74, 6) is -0.0812. The number of rotatable bonds is 2. The van der Waals surface area contributed by atoms with Crippen molar-refractivity contribution in [3.05, 3.63) is 17.3 Å². The Labute approximate surface area is 103 Å². The van der Waals surface area contributed by atoms with E-state index in [0.29, 0.717) is 20.9 Å². The van der Waals surface area contributed by atoms with E-state index in [2.05, 4.69) is 9.97 Å². The highest BCUT2D eigenvalue weighted by atomic mass is 32.1. The summed E-state index contributed by atoms with van der Waals surface area (Å²) in [6.45, 7) is 3.91. The fourth-order valence-corrected chi connectivity index (χ4v) is 2.40. The molecule has 0 aliphatic heterocycles. The van der Waals surface area contributed by atoms with Gasteiger partial charge in [0.2, 0.25) is 0 Å². The Morgan fingerprint density at radius 3 is 2.65 bits per heavy atom. The van der Waals surface area contributed by atoms with Crippen LogP contribution in [0.25, 0.3) is 10.3 Å². The van der Waals surface area contributed by atoms with E-state index in [-0.39, 0.29) is 11.9 Å². The smallest absolute Gasteiger partial charge is 0.266 e. The SMILES string of the molecule is CC(C)N(C)C(=O)c1sc2nccnc2c1N. The van der Waals surface area contributed by atoms with Crippen LogP contribution in [0.1, 0.15) is 23.5 Å². The van der Waals surface area contributed by atoms with Crippen LogP contribution in [0, 0.1) is 0 Å². The topological polar surface area (TPSA) is 72.1 Å². The van der Waals surface area contributed by atoms with Gasteiger partial charge in [0.1, 0.15) is 15.2 Å². The first-order valence-corrected chi connectivity index (χ1v) is 6.10. The number of anilines is 1. The molecule has 0 saturated carbocycles. The van der Waals surface area contributed by atoms with Crippen LogP contribution in [0.4, 0.5) is 5.69 Å². The van der Waals surface area contributed by atoms with E-state index >= 15 is 0 Å². The lowest BCUT2D eigenvalue weighted by Gasteiger charge is -2.20. The highest BCUT2D eigenvalue weighted by molar-refractivity contribution is 7.21. The molecule has 0 bridgehead atoms. The summed E-state index contributed by atoms with van der Waals surface area (Å²) in [7, 11) is 1.76. The largest absolute Gasteiger partial charge is 0.396 e. The molecule has 17 heavy (non-hydrogen) atoms. The van der Waals surface area contributed by atoms with E-state index < -0.39 is 0 Å². The molecule has 0 saturated heterocycles. The molecule has 0 aliphatic carbocycles. The third-order valence-electron chi connectivity index (χ3n) is 2.65. The number of thiophene rings is 1. The molecule has 0 radical (unpaired) electrons. The zero-order valence-corrected chi connectivity index (χ0v) is 10.8. The van der Waals surface area contributed by atoms with E-state index in [4.69, 9.17) is 5.73 Å². The predicted octanol–water partition coefficient (Wildman–Crippen LogP) is 1.75. The van der Waals surface area contributed by atoms with Crippen LogP contribution in [-0.4, -0.2) is 33.9 Å². The number of amides is 1. The predicted molar refractivity (Wildman–Crippen MR) is 69.1 cm³/mol. The van der Waals surface area contributed by atoms with Crippen LogP contribution >= 0.6 is 11.3 Å². The first-order chi connectivity index (χ1) is 8.02. The highest BCUT2D eigenvalue weighted by Gasteiger charge is 2.22. The molecule has 2 N–H and O–H groups in total. The van der Waals surface area contributed by atoms with Crippen LogP contribution in [-0.2, 0) is 0 Å². The maximum Gasteiger partial charge on any atom is 0.266 e. The van der Waals surface area contributed by atoms with Gasteiger partial charge in [0.25, 0.3) is 5.91 Å². The maximum absolute atomic E-state index is 12.2. The monoisotopic (exact) mass is 250 g/mol. The van der Waals surface area contributed by atoms with Crippen LogP contribution in [0.2, 0.25) is 0 Å². The quantitative estimate of drug-likeness (QED) is 0.881. The zero-order chi connectivity index (χ0) is 12.6. The number of aromatic nitrogens is 2. The number of carbonyl (C=O) groups is 1. The Bertz CT molecular complexity index is 564. The lowest BCUT2D eigenvalue weighted by atomic mass is 10.3. The molecular weight excluding hydrogens is 236 g/mol. The molecule has 2 heterocycles. The Kier molecular flexibility index (Phi) is 2.97. The van der Waals surface area contributed by atoms with Gasteiger partial charge in [0.15, 0.2) is 0 Å². The van der Waals surface area contributed by atoms with Crippen molar-refractivity contribution < 1.29 is 4.79 Å². The van der Waals surface area contributed by atoms with Gasteiger partial charge in [0.05, 0.1) is 5.69 Å². The molecule has 0 spiro atoms. The van der Waals surface area contributed by atoms with Crippen molar-refractivity contribution in [3.63, 3.8) is 0 Å². The molecule has 0 fully saturated rings. The molecule has 2 rings (SSSR count). The van der Waals surface area contributed by atoms with Crippen molar-refractivity contribution in [2.45, 2.75) is 19.9 Å². The van der Waals surface area contributed by atoms with Gasteiger partial charge in [0, 0.05) is 25.5 Å². The average Bonchev–Trinajstić information content (AvgIpc) is 2.65. The molecule has 0 aliphatic rings. The molecule has 5 nitrogen and oxygen atoms in total. The summed E-state index contributed by atoms with van der Waals surface area (Å²) < 4.78 is 0. The van der Waals surface area contributed by atoms with Crippen molar-refractivity contribution in [1.29, 1.82) is 0 Å². The average molecular weight is 250 g/mol. The minimum atomic E-state index is -0.0812. The first-order valence-electron chi connectivity index (χ1n) is 5.28. The number of hydrogen-bond acceptors (Lipinski definition) is 5. The number of carbonyl (C=O) groups excluding carboxylic acids is 1. The molecule has 1 amide bonds. The van der Waals surface area contributed by atoms with E-state index in [0.717, 1.165) is 0 Å². The Morgan fingerprint density at radius 2 is 2.06 bits per heavy atom. The van der Waals surface area contributed by atoms with Crippen LogP contribution in [0.15, 0.2) is 12.4 Å². The molecule has 0 unspecified atom stereocenters. The van der Waals surface area contributed by atoms with Crippen LogP contribution < -0.4 is 5.73 Å². The van der Waals surface area contributed by atoms with Crippen LogP contribution in [0.5, 0.6) is 0 Å². The standard InChI is InChI=1S/C11H14N4OS/c1-6(2)15(3)11(16)9-7(12)8-10(17-9)14-5-4-13-8/h4-6H,12H2,1-3H3. The van der Waals surface area contributed by atoms with E-state index in [1.165, 1.54) is 11.3 Å². The third kappa shape index (κ3) is 1.95. The summed E-state index contributed by atoms with van der Waals surface area (Å²) in [5, 5.41) is 0. The minimum absolute atomic E-state index is 0.0812. The number of nitrogens with zero attached hydrogens (tertiary/aromatic N) is 3. The van der Waals surface area contributed by atoms with Crippen molar-refractivity contribution in [3.8, 4) is 0 Å². The van der Waals surface area contributed by atoms with Gasteiger partial charge in [-0.05, 0) is 13.8 Å². The van der Waals surface area contributed by atoms with Crippen molar-refractivity contribution in [2.75, 3.05) is 12.8 Å². The van der Waals surface area contributed by atoms with Gasteiger partial charge >= 0.3 is 0 Å². The van der Waals surface area contributed by atoms with Crippen molar-refractivity contribution in [2.24, 2.45) is 0 Å². The Morgan fingerprint density at radius 1 is 1.41 bits per heavy atom. The van der Waals surface area contributed by atoms with E-state index in [9.17, 15) is 4.79 Å². The highest BCUT2D eigenvalue weighted by Crippen LogP contribution is 2.31. The van der Waals surface area contributed by atoms with Crippen LogP contribution in [0.3, 0.4) is 0 Å². The van der Waals surface area contributed by atoms with Gasteiger partial charge in [-0.2, -0.15) is 0 Å². The van der Waals surface area contributed by atoms with Gasteiger partial charge in [-0.25, -0.2) is 9.97 Å². The summed E-state index contributed by atoms with van der Waals surface area (Å²) in [4.78, 5) is 23.3. The lowest BCUT2D eigenvalue weighted by Crippen LogP contribution is -2.32. The van der Waals surface area contributed by atoms with E-state index in [1.54, 1.807) is 24.3 Å². The van der Waals surface area contributed by atoms with Crippen molar-refractivity contribution in [1.82, 2.24) is 14.9 Å². The number of nitrogen functional groups attached to an aromatic ring is 1. The summed E-state index contributed by atoms with van der Waals surface area (Å²) in [6.07, 6.45) is 3.17. The molecular formula is C11H14N4OS. The van der Waals surface area contributed by atoms with Crippen molar-refractivity contribution >= 4 is 33.3 Å². The summed E-state index contributed by atoms with van der Waals surface area (Å²) in [5.41, 5.74) is 6.97. The third-order valence-corrected chi connectivity index (χ3v) is 3.74. The molecule has 0 aromatic carbocycles. The minimum Gasteiger partial charge on any atom is -0.396 e. The fourth-order valence-electron chi connectivity index (χ4n) is 1.40. The fraction of sp³-hybridized carbons (Fsp3) is 0.364.